The molecule has 0 aliphatic carbocycles. The lowest BCUT2D eigenvalue weighted by Gasteiger charge is -2.12. The molecule has 0 fully saturated rings. The van der Waals surface area contributed by atoms with Crippen LogP contribution in [0.25, 0.3) is 0 Å². The van der Waals surface area contributed by atoms with Crippen LogP contribution in [0.3, 0.4) is 0 Å². The second-order valence-corrected chi connectivity index (χ2v) is 4.68. The van der Waals surface area contributed by atoms with Crippen LogP contribution in [0.4, 0.5) is 13.2 Å². The third kappa shape index (κ3) is 4.20. The summed E-state index contributed by atoms with van der Waals surface area (Å²) in [5.41, 5.74) is 0.0648. The minimum Gasteiger partial charge on any atom is -0.405 e. The van der Waals surface area contributed by atoms with E-state index in [9.17, 15) is 18.0 Å². The Bertz CT molecular complexity index is 432. The Balaban J connectivity index is 3.07. The first-order valence-electron chi connectivity index (χ1n) is 4.44. The number of benzene rings is 1. The summed E-state index contributed by atoms with van der Waals surface area (Å²) in [6.45, 7) is 1.44. The van der Waals surface area contributed by atoms with Crippen molar-refractivity contribution in [3.63, 3.8) is 0 Å². The van der Waals surface area contributed by atoms with E-state index in [2.05, 4.69) is 20.7 Å². The first-order valence-corrected chi connectivity index (χ1v) is 5.67. The Kier molecular flexibility index (Phi) is 4.43. The monoisotopic (exact) mass is 330 g/mol. The van der Waals surface area contributed by atoms with Crippen LogP contribution in [0.5, 0.6) is 5.75 Å². The summed E-state index contributed by atoms with van der Waals surface area (Å²) < 4.78 is 40.0. The quantitative estimate of drug-likeness (QED) is 0.614. The van der Waals surface area contributed by atoms with E-state index in [1.54, 1.807) is 0 Å². The Morgan fingerprint density at radius 3 is 2.53 bits per heavy atom. The molecule has 0 aliphatic heterocycles. The van der Waals surface area contributed by atoms with Gasteiger partial charge in [-0.3, -0.25) is 4.79 Å². The van der Waals surface area contributed by atoms with Crippen LogP contribution in [-0.2, 0) is 0 Å². The lowest BCUT2D eigenvalue weighted by atomic mass is 10.1. The van der Waals surface area contributed by atoms with Crippen LogP contribution in [0.2, 0.25) is 0 Å². The van der Waals surface area contributed by atoms with Crippen molar-refractivity contribution in [1.29, 1.82) is 0 Å². The smallest absolute Gasteiger partial charge is 0.405 e. The first-order chi connectivity index (χ1) is 7.70. The second-order valence-electron chi connectivity index (χ2n) is 3.17. The van der Waals surface area contributed by atoms with Gasteiger partial charge in [0, 0.05) is 5.56 Å². The lowest BCUT2D eigenvalue weighted by molar-refractivity contribution is -0.274. The van der Waals surface area contributed by atoms with Gasteiger partial charge >= 0.3 is 6.36 Å². The van der Waals surface area contributed by atoms with E-state index in [0.29, 0.717) is 0 Å². The number of halogens is 5. The fourth-order valence-electron chi connectivity index (χ4n) is 1.09. The standard InChI is InChI=1S/C10H7BrClF3O2/c1-5(12)9(16)6-2-3-7(11)8(4-6)17-10(13,14)15/h2-5H,1H3. The molecule has 1 aromatic rings. The number of hydrogen-bond donors (Lipinski definition) is 0. The number of Topliss-reactive ketones (excluding diaryl/α,β-unsaturated/α-hetero) is 1. The lowest BCUT2D eigenvalue weighted by Crippen LogP contribution is -2.18. The molecule has 0 radical (unpaired) electrons. The molecule has 0 saturated heterocycles. The molecule has 0 bridgehead atoms. The molecule has 1 aromatic carbocycles. The largest absolute Gasteiger partial charge is 0.573 e. The maximum absolute atomic E-state index is 12.1. The summed E-state index contributed by atoms with van der Waals surface area (Å²) in [5.74, 6) is -0.938. The van der Waals surface area contributed by atoms with Crippen molar-refractivity contribution in [2.75, 3.05) is 0 Å². The van der Waals surface area contributed by atoms with Crippen LogP contribution in [-0.4, -0.2) is 17.5 Å². The van der Waals surface area contributed by atoms with Crippen LogP contribution in [0.15, 0.2) is 22.7 Å². The van der Waals surface area contributed by atoms with Crippen molar-refractivity contribution < 1.29 is 22.7 Å². The molecule has 7 heteroatoms. The highest BCUT2D eigenvalue weighted by Crippen LogP contribution is 2.31. The average molecular weight is 332 g/mol. The molecular formula is C10H7BrClF3O2. The molecule has 2 nitrogen and oxygen atoms in total. The number of ketones is 1. The number of carbonyl (C=O) groups excluding carboxylic acids is 1. The molecule has 1 atom stereocenters. The molecule has 1 unspecified atom stereocenters. The molecule has 17 heavy (non-hydrogen) atoms. The predicted octanol–water partition coefficient (Wildman–Crippen LogP) is 4.16. The van der Waals surface area contributed by atoms with Gasteiger partial charge in [0.15, 0.2) is 5.78 Å². The molecule has 1 rings (SSSR count). The zero-order valence-corrected chi connectivity index (χ0v) is 10.9. The maximum Gasteiger partial charge on any atom is 0.573 e. The molecule has 0 saturated carbocycles. The molecule has 0 amide bonds. The Labute approximate surface area is 109 Å². The van der Waals surface area contributed by atoms with Crippen LogP contribution < -0.4 is 4.74 Å². The molecule has 0 aromatic heterocycles. The van der Waals surface area contributed by atoms with Gasteiger partial charge in [-0.05, 0) is 41.1 Å². The summed E-state index contributed by atoms with van der Waals surface area (Å²) in [7, 11) is 0. The number of alkyl halides is 4. The zero-order chi connectivity index (χ0) is 13.2. The molecule has 0 N–H and O–H groups in total. The van der Waals surface area contributed by atoms with Crippen LogP contribution in [0.1, 0.15) is 17.3 Å². The van der Waals surface area contributed by atoms with Gasteiger partial charge in [-0.2, -0.15) is 0 Å². The van der Waals surface area contributed by atoms with Crippen molar-refractivity contribution in [3.8, 4) is 5.75 Å². The summed E-state index contributed by atoms with van der Waals surface area (Å²) >= 11 is 8.46. The van der Waals surface area contributed by atoms with E-state index in [4.69, 9.17) is 11.6 Å². The summed E-state index contributed by atoms with van der Waals surface area (Å²) in [4.78, 5) is 11.5. The Morgan fingerprint density at radius 2 is 2.06 bits per heavy atom. The van der Waals surface area contributed by atoms with Crippen molar-refractivity contribution in [2.24, 2.45) is 0 Å². The van der Waals surface area contributed by atoms with Crippen molar-refractivity contribution in [2.45, 2.75) is 18.7 Å². The van der Waals surface area contributed by atoms with Gasteiger partial charge in [0.05, 0.1) is 9.85 Å². The Hall–Kier alpha value is -0.750. The third-order valence-corrected chi connectivity index (χ3v) is 2.66. The van der Waals surface area contributed by atoms with Gasteiger partial charge in [0.1, 0.15) is 5.75 Å². The molecule has 0 aliphatic rings. The van der Waals surface area contributed by atoms with Crippen LogP contribution >= 0.6 is 27.5 Å². The molecular weight excluding hydrogens is 324 g/mol. The maximum atomic E-state index is 12.1. The topological polar surface area (TPSA) is 26.3 Å². The highest BCUT2D eigenvalue weighted by Gasteiger charge is 2.32. The molecule has 94 valence electrons. The molecule has 0 heterocycles. The van der Waals surface area contributed by atoms with Gasteiger partial charge in [-0.15, -0.1) is 24.8 Å². The number of ether oxygens (including phenoxy) is 1. The fraction of sp³-hybridized carbons (Fsp3) is 0.300. The summed E-state index contributed by atoms with van der Waals surface area (Å²) in [6, 6.07) is 3.67. The first kappa shape index (κ1) is 14.3. The van der Waals surface area contributed by atoms with Gasteiger partial charge in [0.25, 0.3) is 0 Å². The van der Waals surface area contributed by atoms with E-state index in [1.807, 2.05) is 0 Å². The minimum atomic E-state index is -4.81. The van der Waals surface area contributed by atoms with E-state index in [1.165, 1.54) is 19.1 Å². The Morgan fingerprint density at radius 1 is 1.47 bits per heavy atom. The third-order valence-electron chi connectivity index (χ3n) is 1.80. The molecule has 0 spiro atoms. The van der Waals surface area contributed by atoms with Crippen LogP contribution in [0, 0.1) is 0 Å². The highest BCUT2D eigenvalue weighted by atomic mass is 79.9. The number of carbonyl (C=O) groups is 1. The van der Waals surface area contributed by atoms with Crippen molar-refractivity contribution >= 4 is 33.3 Å². The van der Waals surface area contributed by atoms with Gasteiger partial charge in [-0.25, -0.2) is 0 Å². The zero-order valence-electron chi connectivity index (χ0n) is 8.52. The predicted molar refractivity (Wildman–Crippen MR) is 60.5 cm³/mol. The minimum absolute atomic E-state index is 0.0648. The second kappa shape index (κ2) is 5.27. The van der Waals surface area contributed by atoms with Crippen molar-refractivity contribution in [1.82, 2.24) is 0 Å². The van der Waals surface area contributed by atoms with Crippen molar-refractivity contribution in [3.05, 3.63) is 28.2 Å². The number of rotatable bonds is 3. The van der Waals surface area contributed by atoms with Gasteiger partial charge in [0.2, 0.25) is 0 Å². The van der Waals surface area contributed by atoms with E-state index in [-0.39, 0.29) is 10.0 Å². The average Bonchev–Trinajstić information content (AvgIpc) is 2.18. The normalized spacial score (nSPS) is 13.3. The SMILES string of the molecule is CC(Cl)C(=O)c1ccc(Br)c(OC(F)(F)F)c1. The fourth-order valence-corrected chi connectivity index (χ4v) is 1.54. The van der Waals surface area contributed by atoms with E-state index in [0.717, 1.165) is 6.07 Å². The van der Waals surface area contributed by atoms with Gasteiger partial charge in [-0.1, -0.05) is 0 Å². The summed E-state index contributed by atoms with van der Waals surface area (Å²) in [6.07, 6.45) is -4.81. The highest BCUT2D eigenvalue weighted by molar-refractivity contribution is 9.10. The van der Waals surface area contributed by atoms with E-state index >= 15 is 0 Å². The summed E-state index contributed by atoms with van der Waals surface area (Å²) in [5, 5.41) is -0.810. The number of hydrogen-bond acceptors (Lipinski definition) is 2. The van der Waals surface area contributed by atoms with Gasteiger partial charge < -0.3 is 4.74 Å². The van der Waals surface area contributed by atoms with E-state index < -0.39 is 23.3 Å².